The molecule has 0 bridgehead atoms. The molecular formula is C30H20S4Te4. The summed E-state index contributed by atoms with van der Waals surface area (Å²) in [5.74, 6) is 0. The van der Waals surface area contributed by atoms with Crippen molar-refractivity contribution in [3.63, 3.8) is 0 Å². The first kappa shape index (κ1) is 28.8. The van der Waals surface area contributed by atoms with Crippen molar-refractivity contribution in [1.82, 2.24) is 0 Å². The number of hydrogen-bond acceptors (Lipinski definition) is 4. The Morgan fingerprint density at radius 1 is 0.289 bits per heavy atom. The van der Waals surface area contributed by atoms with E-state index < -0.39 is 0 Å². The molecule has 0 saturated carbocycles. The van der Waals surface area contributed by atoms with Gasteiger partial charge in [-0.05, 0) is 0 Å². The summed E-state index contributed by atoms with van der Waals surface area (Å²) in [5.41, 5.74) is 0. The van der Waals surface area contributed by atoms with Crippen molar-refractivity contribution >= 4 is 145 Å². The average Bonchev–Trinajstić information content (AvgIpc) is 3.54. The van der Waals surface area contributed by atoms with Crippen molar-refractivity contribution in [2.75, 3.05) is 0 Å². The van der Waals surface area contributed by atoms with Crippen molar-refractivity contribution < 1.29 is 0 Å². The molecule has 4 aromatic rings. The molecule has 0 atom stereocenters. The van der Waals surface area contributed by atoms with Gasteiger partial charge in [0.15, 0.2) is 0 Å². The number of thioether (sulfide) groups is 4. The summed E-state index contributed by atoms with van der Waals surface area (Å²) in [7, 11) is 0. The second kappa shape index (κ2) is 14.7. The van der Waals surface area contributed by atoms with Crippen LogP contribution in [0.4, 0.5) is 0 Å². The van der Waals surface area contributed by atoms with Gasteiger partial charge in [-0.25, -0.2) is 0 Å². The molecule has 0 fully saturated rings. The number of hydrogen-bond donors (Lipinski definition) is 0. The maximum absolute atomic E-state index is 2.33. The third kappa shape index (κ3) is 7.93. The zero-order chi connectivity index (χ0) is 25.6. The van der Waals surface area contributed by atoms with E-state index >= 15 is 0 Å². The van der Waals surface area contributed by atoms with Crippen LogP contribution in [0, 0.1) is 0 Å². The molecular weight excluding hydrogens is 999 g/mol. The van der Waals surface area contributed by atoms with Crippen LogP contribution in [0.1, 0.15) is 0 Å². The fourth-order valence-corrected chi connectivity index (χ4v) is 29.0. The first-order chi connectivity index (χ1) is 18.8. The molecule has 4 aromatic carbocycles. The van der Waals surface area contributed by atoms with Gasteiger partial charge >= 0.3 is 287 Å². The molecule has 0 amide bonds. The van der Waals surface area contributed by atoms with E-state index in [4.69, 9.17) is 0 Å². The van der Waals surface area contributed by atoms with Crippen molar-refractivity contribution in [2.45, 2.75) is 0 Å². The molecule has 2 aliphatic rings. The molecule has 0 radical (unpaired) electrons. The van der Waals surface area contributed by atoms with E-state index in [1.165, 1.54) is 0 Å². The van der Waals surface area contributed by atoms with Gasteiger partial charge in [0, 0.05) is 0 Å². The molecule has 0 spiro atoms. The summed E-state index contributed by atoms with van der Waals surface area (Å²) >= 11 is 6.98. The molecule has 2 heterocycles. The second-order valence-corrected chi connectivity index (χ2v) is 28.0. The van der Waals surface area contributed by atoms with Crippen LogP contribution in [0.15, 0.2) is 142 Å². The third-order valence-corrected chi connectivity index (χ3v) is 29.4. The molecule has 0 unspecified atom stereocenters. The van der Waals surface area contributed by atoms with Crippen LogP contribution in [-0.4, -0.2) is 83.7 Å². The van der Waals surface area contributed by atoms with E-state index in [-0.39, 0.29) is 83.7 Å². The van der Waals surface area contributed by atoms with Gasteiger partial charge in [0.2, 0.25) is 0 Å². The summed E-state index contributed by atoms with van der Waals surface area (Å²) in [4.78, 5) is 0. The van der Waals surface area contributed by atoms with Crippen LogP contribution in [0.3, 0.4) is 0 Å². The van der Waals surface area contributed by atoms with Crippen molar-refractivity contribution in [2.24, 2.45) is 0 Å². The van der Waals surface area contributed by atoms with Gasteiger partial charge in [0.25, 0.3) is 0 Å². The Morgan fingerprint density at radius 2 is 0.500 bits per heavy atom. The van der Waals surface area contributed by atoms with Gasteiger partial charge in [-0.2, -0.15) is 0 Å². The first-order valence-corrected chi connectivity index (χ1v) is 24.2. The molecule has 0 aromatic heterocycles. The van der Waals surface area contributed by atoms with Crippen molar-refractivity contribution in [3.8, 4) is 0 Å². The molecule has 0 saturated heterocycles. The predicted molar refractivity (Wildman–Crippen MR) is 179 cm³/mol. The Kier molecular flexibility index (Phi) is 11.1. The molecule has 0 N–H and O–H groups in total. The van der Waals surface area contributed by atoms with Crippen molar-refractivity contribution in [3.05, 3.63) is 142 Å². The van der Waals surface area contributed by atoms with E-state index in [1.807, 2.05) is 0 Å². The minimum atomic E-state index is -0.376. The topological polar surface area (TPSA) is 0 Å². The Bertz CT molecular complexity index is 1260. The van der Waals surface area contributed by atoms with E-state index in [2.05, 4.69) is 168 Å². The molecule has 8 heteroatoms. The molecule has 0 nitrogen and oxygen atoms in total. The van der Waals surface area contributed by atoms with E-state index in [9.17, 15) is 0 Å². The maximum atomic E-state index is 2.33. The van der Waals surface area contributed by atoms with Gasteiger partial charge in [0.1, 0.15) is 0 Å². The average molecular weight is 1020 g/mol. The Labute approximate surface area is 282 Å². The Hall–Kier alpha value is 0.658. The normalized spacial score (nSPS) is 15.6. The molecule has 0 aliphatic carbocycles. The second-order valence-electron chi connectivity index (χ2n) is 7.79. The monoisotopic (exact) mass is 1030 g/mol. The fourth-order valence-electron chi connectivity index (χ4n) is 3.34. The Morgan fingerprint density at radius 3 is 0.711 bits per heavy atom. The first-order valence-electron chi connectivity index (χ1n) is 11.7. The van der Waals surface area contributed by atoms with Crippen LogP contribution >= 0.6 is 47.0 Å². The minimum absolute atomic E-state index is 0.376. The summed E-state index contributed by atoms with van der Waals surface area (Å²) in [6, 6.07) is 44.8. The Balaban J connectivity index is 1.28. The number of benzene rings is 4. The van der Waals surface area contributed by atoms with Crippen LogP contribution in [0.2, 0.25) is 0 Å². The van der Waals surface area contributed by atoms with Crippen LogP contribution in [-0.2, 0) is 0 Å². The van der Waals surface area contributed by atoms with Gasteiger partial charge < -0.3 is 0 Å². The van der Waals surface area contributed by atoms with Gasteiger partial charge in [-0.3, -0.25) is 0 Å². The summed E-state index contributed by atoms with van der Waals surface area (Å²) in [5, 5.41) is 0. The standard InChI is InChI=1S/C30H20S4Te4/c1-5-13-21(14-6-1)35-27-28(36-22-15-7-2-8-16-22)32-25(31-27)26-33-29(37-23-17-9-3-10-18-23)30(34-26)38-24-19-11-4-12-20-24/h1-20H. The summed E-state index contributed by atoms with van der Waals surface area (Å²) < 4.78 is 16.1. The zero-order valence-corrected chi connectivity index (χ0v) is 32.4. The molecule has 6 rings (SSSR count). The third-order valence-electron chi connectivity index (χ3n) is 5.06. The molecule has 188 valence electrons. The van der Waals surface area contributed by atoms with Crippen LogP contribution in [0.25, 0.3) is 0 Å². The van der Waals surface area contributed by atoms with Gasteiger partial charge in [-0.1, -0.05) is 0 Å². The zero-order valence-electron chi connectivity index (χ0n) is 19.8. The van der Waals surface area contributed by atoms with Gasteiger partial charge in [-0.15, -0.1) is 0 Å². The van der Waals surface area contributed by atoms with Crippen LogP contribution < -0.4 is 14.4 Å². The van der Waals surface area contributed by atoms with E-state index in [0.717, 1.165) is 0 Å². The molecule has 2 aliphatic heterocycles. The van der Waals surface area contributed by atoms with E-state index in [0.29, 0.717) is 0 Å². The van der Waals surface area contributed by atoms with Gasteiger partial charge in [0.05, 0.1) is 0 Å². The van der Waals surface area contributed by atoms with E-state index in [1.54, 1.807) is 34.7 Å². The number of rotatable bonds is 8. The SMILES string of the molecule is c1ccc([Te]C2=C([Te]c3ccccc3)SC(=C3SC([Te]c4ccccc4)=C([Te]c4ccccc4)S3)S2)cc1. The summed E-state index contributed by atoms with van der Waals surface area (Å²) in [6.45, 7) is 0. The van der Waals surface area contributed by atoms with Crippen LogP contribution in [0.5, 0.6) is 0 Å². The quantitative estimate of drug-likeness (QED) is 0.216. The summed E-state index contributed by atoms with van der Waals surface area (Å²) in [6.07, 6.45) is 0. The van der Waals surface area contributed by atoms with Crippen molar-refractivity contribution in [1.29, 1.82) is 0 Å². The predicted octanol–water partition coefficient (Wildman–Crippen LogP) is 5.45. The molecule has 38 heavy (non-hydrogen) atoms. The fraction of sp³-hybridized carbons (Fsp3) is 0.